The minimum absolute atomic E-state index is 0.121. The molecule has 0 spiro atoms. The van der Waals surface area contributed by atoms with Crippen LogP contribution in [0.5, 0.6) is 0 Å². The van der Waals surface area contributed by atoms with Crippen molar-refractivity contribution in [3.8, 4) is 0 Å². The highest BCUT2D eigenvalue weighted by atomic mass is 35.5. The normalized spacial score (nSPS) is 11.8. The summed E-state index contributed by atoms with van der Waals surface area (Å²) in [5, 5.41) is 4.15. The van der Waals surface area contributed by atoms with Gasteiger partial charge in [-0.25, -0.2) is 0 Å². The predicted molar refractivity (Wildman–Crippen MR) is 90.9 cm³/mol. The van der Waals surface area contributed by atoms with Crippen molar-refractivity contribution in [2.45, 2.75) is 53.5 Å². The van der Waals surface area contributed by atoms with Gasteiger partial charge in [0.1, 0.15) is 5.69 Å². The van der Waals surface area contributed by atoms with Crippen LogP contribution in [0.3, 0.4) is 0 Å². The van der Waals surface area contributed by atoms with Gasteiger partial charge in [0.05, 0.1) is 12.2 Å². The van der Waals surface area contributed by atoms with Crippen molar-refractivity contribution >= 4 is 16.8 Å². The molecular formula is C18H23ClN2O. The SMILES string of the molecule is Cc1cc(C)c(Cn2nc(C(C)(C)C)cc2C(=O)Cl)c(C)c1. The summed E-state index contributed by atoms with van der Waals surface area (Å²) in [7, 11) is 0. The van der Waals surface area contributed by atoms with Gasteiger partial charge in [-0.1, -0.05) is 38.5 Å². The van der Waals surface area contributed by atoms with Gasteiger partial charge in [0.2, 0.25) is 0 Å². The zero-order valence-electron chi connectivity index (χ0n) is 14.1. The number of hydrogen-bond acceptors (Lipinski definition) is 2. The Morgan fingerprint density at radius 1 is 1.14 bits per heavy atom. The lowest BCUT2D eigenvalue weighted by Gasteiger charge is -2.15. The number of aryl methyl sites for hydroxylation is 3. The summed E-state index contributed by atoms with van der Waals surface area (Å²) in [6.45, 7) is 13.0. The number of hydrogen-bond donors (Lipinski definition) is 0. The topological polar surface area (TPSA) is 34.9 Å². The van der Waals surface area contributed by atoms with Crippen LogP contribution in [-0.2, 0) is 12.0 Å². The van der Waals surface area contributed by atoms with Crippen LogP contribution in [0.4, 0.5) is 0 Å². The molecule has 0 radical (unpaired) electrons. The molecule has 0 unspecified atom stereocenters. The Hall–Kier alpha value is -1.61. The maximum atomic E-state index is 11.7. The molecule has 3 nitrogen and oxygen atoms in total. The van der Waals surface area contributed by atoms with Gasteiger partial charge in [0, 0.05) is 5.41 Å². The van der Waals surface area contributed by atoms with Crippen LogP contribution in [0.25, 0.3) is 0 Å². The number of benzene rings is 1. The summed E-state index contributed by atoms with van der Waals surface area (Å²) < 4.78 is 1.72. The second kappa shape index (κ2) is 5.88. The number of rotatable bonds is 3. The molecule has 0 aliphatic carbocycles. The molecule has 0 atom stereocenters. The average Bonchev–Trinajstić information content (AvgIpc) is 2.77. The van der Waals surface area contributed by atoms with Crippen LogP contribution >= 0.6 is 11.6 Å². The summed E-state index contributed by atoms with van der Waals surface area (Å²) >= 11 is 5.74. The number of halogens is 1. The van der Waals surface area contributed by atoms with E-state index in [1.54, 1.807) is 10.7 Å². The minimum atomic E-state index is -0.467. The Labute approximate surface area is 137 Å². The lowest BCUT2D eigenvalue weighted by Crippen LogP contribution is -2.14. The molecule has 22 heavy (non-hydrogen) atoms. The third-order valence-corrected chi connectivity index (χ3v) is 4.09. The number of aromatic nitrogens is 2. The fourth-order valence-corrected chi connectivity index (χ4v) is 2.82. The van der Waals surface area contributed by atoms with E-state index in [1.165, 1.54) is 22.3 Å². The highest BCUT2D eigenvalue weighted by Crippen LogP contribution is 2.24. The molecule has 0 saturated carbocycles. The van der Waals surface area contributed by atoms with Gasteiger partial charge >= 0.3 is 0 Å². The second-order valence-electron chi connectivity index (χ2n) is 6.97. The van der Waals surface area contributed by atoms with Crippen molar-refractivity contribution in [1.82, 2.24) is 9.78 Å². The first kappa shape index (κ1) is 16.8. The van der Waals surface area contributed by atoms with E-state index in [9.17, 15) is 4.79 Å². The molecule has 0 saturated heterocycles. The molecule has 118 valence electrons. The highest BCUT2D eigenvalue weighted by Gasteiger charge is 2.22. The largest absolute Gasteiger partial charge is 0.274 e. The Morgan fingerprint density at radius 2 is 1.68 bits per heavy atom. The van der Waals surface area contributed by atoms with Gasteiger partial charge in [-0.3, -0.25) is 9.48 Å². The molecule has 0 amide bonds. The fraction of sp³-hybridized carbons (Fsp3) is 0.444. The number of carbonyl (C=O) groups is 1. The van der Waals surface area contributed by atoms with Crippen LogP contribution in [0.2, 0.25) is 0 Å². The van der Waals surface area contributed by atoms with Gasteiger partial charge in [0.15, 0.2) is 0 Å². The molecule has 0 aliphatic rings. The predicted octanol–water partition coefficient (Wildman–Crippen LogP) is 4.53. The van der Waals surface area contributed by atoms with Crippen molar-refractivity contribution in [2.24, 2.45) is 0 Å². The van der Waals surface area contributed by atoms with E-state index in [4.69, 9.17) is 11.6 Å². The van der Waals surface area contributed by atoms with E-state index >= 15 is 0 Å². The first-order chi connectivity index (χ1) is 10.1. The summed E-state index contributed by atoms with van der Waals surface area (Å²) in [5.74, 6) is 0. The zero-order valence-corrected chi connectivity index (χ0v) is 14.9. The lowest BCUT2D eigenvalue weighted by atomic mass is 9.92. The zero-order chi connectivity index (χ0) is 16.7. The van der Waals surface area contributed by atoms with E-state index in [2.05, 4.69) is 58.8 Å². The molecule has 0 fully saturated rings. The molecule has 1 aromatic heterocycles. The van der Waals surface area contributed by atoms with E-state index in [0.29, 0.717) is 12.2 Å². The van der Waals surface area contributed by atoms with Gasteiger partial charge in [-0.15, -0.1) is 0 Å². The van der Waals surface area contributed by atoms with E-state index in [1.807, 2.05) is 0 Å². The van der Waals surface area contributed by atoms with Crippen LogP contribution in [-0.4, -0.2) is 15.0 Å². The molecule has 0 N–H and O–H groups in total. The summed E-state index contributed by atoms with van der Waals surface area (Å²) in [4.78, 5) is 11.7. The average molecular weight is 319 g/mol. The van der Waals surface area contributed by atoms with Crippen LogP contribution in [0.15, 0.2) is 18.2 Å². The highest BCUT2D eigenvalue weighted by molar-refractivity contribution is 6.67. The Morgan fingerprint density at radius 3 is 2.14 bits per heavy atom. The van der Waals surface area contributed by atoms with Gasteiger partial charge in [0.25, 0.3) is 5.24 Å². The van der Waals surface area contributed by atoms with E-state index < -0.39 is 5.24 Å². The molecule has 1 heterocycles. The Kier molecular flexibility index (Phi) is 4.48. The summed E-state index contributed by atoms with van der Waals surface area (Å²) in [6, 6.07) is 6.10. The smallest absolute Gasteiger partial charge is 0.270 e. The molecule has 1 aromatic carbocycles. The number of carbonyl (C=O) groups excluding carboxylic acids is 1. The van der Waals surface area contributed by atoms with Crippen molar-refractivity contribution < 1.29 is 4.79 Å². The van der Waals surface area contributed by atoms with Crippen molar-refractivity contribution in [2.75, 3.05) is 0 Å². The molecule has 2 aromatic rings. The van der Waals surface area contributed by atoms with Gasteiger partial charge < -0.3 is 0 Å². The van der Waals surface area contributed by atoms with Crippen LogP contribution in [0.1, 0.15) is 59.2 Å². The van der Waals surface area contributed by atoms with Crippen molar-refractivity contribution in [1.29, 1.82) is 0 Å². The summed E-state index contributed by atoms with van der Waals surface area (Å²) in [5.41, 5.74) is 6.04. The van der Waals surface area contributed by atoms with Gasteiger partial charge in [-0.2, -0.15) is 5.10 Å². The van der Waals surface area contributed by atoms with Crippen molar-refractivity contribution in [3.63, 3.8) is 0 Å². The molecule has 0 bridgehead atoms. The van der Waals surface area contributed by atoms with Crippen LogP contribution in [0, 0.1) is 20.8 Å². The van der Waals surface area contributed by atoms with Crippen molar-refractivity contribution in [3.05, 3.63) is 51.8 Å². The molecule has 0 aliphatic heterocycles. The van der Waals surface area contributed by atoms with Crippen LogP contribution < -0.4 is 0 Å². The quantitative estimate of drug-likeness (QED) is 0.779. The van der Waals surface area contributed by atoms with E-state index in [-0.39, 0.29) is 5.41 Å². The third kappa shape index (κ3) is 3.41. The number of nitrogens with zero attached hydrogens (tertiary/aromatic N) is 2. The standard InChI is InChI=1S/C18H23ClN2O/c1-11-7-12(2)14(13(3)8-11)10-21-15(17(19)22)9-16(20-21)18(4,5)6/h7-9H,10H2,1-6H3. The maximum absolute atomic E-state index is 11.7. The monoisotopic (exact) mass is 318 g/mol. The Bertz CT molecular complexity index is 700. The maximum Gasteiger partial charge on any atom is 0.270 e. The van der Waals surface area contributed by atoms with Gasteiger partial charge in [-0.05, 0) is 55.1 Å². The Balaban J connectivity index is 2.50. The second-order valence-corrected chi connectivity index (χ2v) is 7.32. The fourth-order valence-electron chi connectivity index (χ4n) is 2.67. The molecular weight excluding hydrogens is 296 g/mol. The first-order valence-electron chi connectivity index (χ1n) is 7.44. The molecule has 2 rings (SSSR count). The van der Waals surface area contributed by atoms with E-state index in [0.717, 1.165) is 5.69 Å². The lowest BCUT2D eigenvalue weighted by molar-refractivity contribution is 0.107. The molecule has 4 heteroatoms. The summed E-state index contributed by atoms with van der Waals surface area (Å²) in [6.07, 6.45) is 0. The third-order valence-electron chi connectivity index (χ3n) is 3.90. The first-order valence-corrected chi connectivity index (χ1v) is 7.82. The minimum Gasteiger partial charge on any atom is -0.274 e.